The number of benzene rings is 1. The summed E-state index contributed by atoms with van der Waals surface area (Å²) in [5.41, 5.74) is 1.06. The Morgan fingerprint density at radius 3 is 2.68 bits per heavy atom. The molecule has 1 aliphatic rings. The van der Waals surface area contributed by atoms with Crippen molar-refractivity contribution in [2.45, 2.75) is 25.7 Å². The molecule has 144 valence electrons. The molecule has 3 aromatic rings. The van der Waals surface area contributed by atoms with Gasteiger partial charge in [-0.05, 0) is 38.0 Å². The summed E-state index contributed by atoms with van der Waals surface area (Å²) in [6.07, 6.45) is 3.22. The fraction of sp³-hybridized carbons (Fsp3) is 0.263. The first kappa shape index (κ1) is 18.7. The van der Waals surface area contributed by atoms with Crippen LogP contribution >= 0.6 is 23.2 Å². The van der Waals surface area contributed by atoms with Gasteiger partial charge in [0.2, 0.25) is 11.7 Å². The average molecular weight is 420 g/mol. The van der Waals surface area contributed by atoms with Crippen LogP contribution in [-0.2, 0) is 7.05 Å². The van der Waals surface area contributed by atoms with Crippen LogP contribution in [0.2, 0.25) is 10.0 Å². The first-order chi connectivity index (χ1) is 13.4. The molecule has 0 saturated heterocycles. The van der Waals surface area contributed by atoms with Crippen molar-refractivity contribution >= 4 is 35.0 Å². The SMILES string of the molecule is Cc1nn(C)c(OC(=O)c2cnoc2C2CC2)c1C(=O)c1ccc(Cl)cc1Cl. The second-order valence-corrected chi connectivity index (χ2v) is 7.45. The van der Waals surface area contributed by atoms with E-state index in [4.69, 9.17) is 32.5 Å². The maximum absolute atomic E-state index is 13.1. The van der Waals surface area contributed by atoms with Gasteiger partial charge >= 0.3 is 5.97 Å². The number of rotatable bonds is 5. The van der Waals surface area contributed by atoms with Crippen molar-refractivity contribution in [1.82, 2.24) is 14.9 Å². The van der Waals surface area contributed by atoms with Crippen molar-refractivity contribution in [2.75, 3.05) is 0 Å². The minimum atomic E-state index is -0.651. The zero-order valence-electron chi connectivity index (χ0n) is 15.0. The molecule has 0 bridgehead atoms. The Balaban J connectivity index is 1.69. The predicted molar refractivity (Wildman–Crippen MR) is 101 cm³/mol. The Kier molecular flexibility index (Phi) is 4.72. The third-order valence-corrected chi connectivity index (χ3v) is 5.08. The van der Waals surface area contributed by atoms with Crippen LogP contribution in [0.4, 0.5) is 0 Å². The number of esters is 1. The number of ketones is 1. The number of ether oxygens (including phenoxy) is 1. The molecule has 9 heteroatoms. The van der Waals surface area contributed by atoms with Gasteiger partial charge in [0.1, 0.15) is 11.1 Å². The van der Waals surface area contributed by atoms with Gasteiger partial charge in [-0.1, -0.05) is 28.4 Å². The highest BCUT2D eigenvalue weighted by atomic mass is 35.5. The molecule has 1 aliphatic carbocycles. The summed E-state index contributed by atoms with van der Waals surface area (Å²) in [5, 5.41) is 8.54. The molecule has 0 spiro atoms. The molecule has 7 nitrogen and oxygen atoms in total. The molecule has 28 heavy (non-hydrogen) atoms. The highest BCUT2D eigenvalue weighted by Gasteiger charge is 2.34. The van der Waals surface area contributed by atoms with E-state index in [9.17, 15) is 9.59 Å². The lowest BCUT2D eigenvalue weighted by Gasteiger charge is -2.08. The second-order valence-electron chi connectivity index (χ2n) is 6.61. The molecule has 0 N–H and O–H groups in total. The summed E-state index contributed by atoms with van der Waals surface area (Å²) < 4.78 is 12.1. The second kappa shape index (κ2) is 7.07. The molecule has 0 amide bonds. The molecule has 0 unspecified atom stereocenters. The fourth-order valence-corrected chi connectivity index (χ4v) is 3.50. The number of aromatic nitrogens is 3. The average Bonchev–Trinajstić information content (AvgIpc) is 3.29. The van der Waals surface area contributed by atoms with E-state index in [1.54, 1.807) is 20.0 Å². The van der Waals surface area contributed by atoms with Crippen LogP contribution in [0, 0.1) is 6.92 Å². The summed E-state index contributed by atoms with van der Waals surface area (Å²) in [5.74, 6) is -0.337. The molecule has 0 atom stereocenters. The fourth-order valence-electron chi connectivity index (χ4n) is 3.01. The molecule has 0 aliphatic heterocycles. The molecule has 1 fully saturated rings. The van der Waals surface area contributed by atoms with Crippen LogP contribution < -0.4 is 4.74 Å². The number of halogens is 2. The molecule has 4 rings (SSSR count). The summed E-state index contributed by atoms with van der Waals surface area (Å²) in [6.45, 7) is 1.66. The van der Waals surface area contributed by atoms with Crippen LogP contribution in [0.25, 0.3) is 0 Å². The van der Waals surface area contributed by atoms with Crippen LogP contribution in [-0.4, -0.2) is 26.7 Å². The summed E-state index contributed by atoms with van der Waals surface area (Å²) in [7, 11) is 1.59. The lowest BCUT2D eigenvalue weighted by Crippen LogP contribution is -2.15. The van der Waals surface area contributed by atoms with Crippen molar-refractivity contribution in [3.63, 3.8) is 0 Å². The van der Waals surface area contributed by atoms with Gasteiger partial charge in [0, 0.05) is 23.6 Å². The maximum Gasteiger partial charge on any atom is 0.350 e. The van der Waals surface area contributed by atoms with E-state index in [-0.39, 0.29) is 33.5 Å². The Labute approximate surface area is 170 Å². The van der Waals surface area contributed by atoms with Crippen molar-refractivity contribution in [3.8, 4) is 5.88 Å². The largest absolute Gasteiger partial charge is 0.403 e. The highest BCUT2D eigenvalue weighted by Crippen LogP contribution is 2.42. The van der Waals surface area contributed by atoms with Crippen LogP contribution in [0.15, 0.2) is 28.9 Å². The molecule has 1 aromatic carbocycles. The first-order valence-corrected chi connectivity index (χ1v) is 9.32. The van der Waals surface area contributed by atoms with E-state index in [1.807, 2.05) is 0 Å². The van der Waals surface area contributed by atoms with Gasteiger partial charge in [-0.15, -0.1) is 0 Å². The summed E-state index contributed by atoms with van der Waals surface area (Å²) >= 11 is 12.1. The van der Waals surface area contributed by atoms with E-state index in [0.29, 0.717) is 16.5 Å². The number of nitrogens with zero attached hydrogens (tertiary/aromatic N) is 3. The van der Waals surface area contributed by atoms with Gasteiger partial charge < -0.3 is 9.26 Å². The predicted octanol–water partition coefficient (Wildman–Crippen LogP) is 4.35. The van der Waals surface area contributed by atoms with Gasteiger partial charge in [0.05, 0.1) is 16.9 Å². The third-order valence-electron chi connectivity index (χ3n) is 4.53. The normalized spacial score (nSPS) is 13.6. The molecule has 2 aromatic heterocycles. The molecule has 0 radical (unpaired) electrons. The Morgan fingerprint density at radius 1 is 1.25 bits per heavy atom. The Bertz CT molecular complexity index is 1100. The van der Waals surface area contributed by atoms with Gasteiger partial charge in [-0.2, -0.15) is 5.10 Å². The van der Waals surface area contributed by atoms with Gasteiger partial charge in [0.25, 0.3) is 0 Å². The lowest BCUT2D eigenvalue weighted by atomic mass is 10.0. The number of carbonyl (C=O) groups is 2. The zero-order chi connectivity index (χ0) is 20.0. The van der Waals surface area contributed by atoms with Crippen LogP contribution in [0.1, 0.15) is 56.5 Å². The Morgan fingerprint density at radius 2 is 2.00 bits per heavy atom. The van der Waals surface area contributed by atoms with E-state index < -0.39 is 11.8 Å². The Hall–Kier alpha value is -2.64. The summed E-state index contributed by atoms with van der Waals surface area (Å²) in [6, 6.07) is 4.57. The van der Waals surface area contributed by atoms with Crippen molar-refractivity contribution in [3.05, 3.63) is 62.6 Å². The van der Waals surface area contributed by atoms with Crippen LogP contribution in [0.3, 0.4) is 0 Å². The lowest BCUT2D eigenvalue weighted by molar-refractivity contribution is 0.0715. The van der Waals surface area contributed by atoms with Gasteiger partial charge in [0.15, 0.2) is 5.76 Å². The number of carbonyl (C=O) groups excluding carboxylic acids is 2. The third kappa shape index (κ3) is 3.31. The van der Waals surface area contributed by atoms with E-state index >= 15 is 0 Å². The van der Waals surface area contributed by atoms with Crippen molar-refractivity contribution in [1.29, 1.82) is 0 Å². The quantitative estimate of drug-likeness (QED) is 0.451. The van der Waals surface area contributed by atoms with E-state index in [2.05, 4.69) is 10.3 Å². The molecular formula is C19H15Cl2N3O4. The topological polar surface area (TPSA) is 87.2 Å². The minimum Gasteiger partial charge on any atom is -0.403 e. The smallest absolute Gasteiger partial charge is 0.350 e. The number of hydrogen-bond donors (Lipinski definition) is 0. The standard InChI is InChI=1S/C19H15Cl2N3O4/c1-9-15(16(25)12-6-5-11(20)7-14(12)21)18(24(2)23-9)27-19(26)13-8-22-28-17(13)10-3-4-10/h5-8,10H,3-4H2,1-2H3. The van der Waals surface area contributed by atoms with E-state index in [0.717, 1.165) is 12.8 Å². The monoisotopic (exact) mass is 419 g/mol. The summed E-state index contributed by atoms with van der Waals surface area (Å²) in [4.78, 5) is 25.8. The van der Waals surface area contributed by atoms with Crippen LogP contribution in [0.5, 0.6) is 5.88 Å². The highest BCUT2D eigenvalue weighted by molar-refractivity contribution is 6.37. The van der Waals surface area contributed by atoms with Gasteiger partial charge in [-0.3, -0.25) is 4.79 Å². The molecule has 2 heterocycles. The van der Waals surface area contributed by atoms with Crippen molar-refractivity contribution in [2.24, 2.45) is 7.05 Å². The minimum absolute atomic E-state index is 0.0291. The zero-order valence-corrected chi connectivity index (χ0v) is 16.5. The number of hydrogen-bond acceptors (Lipinski definition) is 6. The molecular weight excluding hydrogens is 405 g/mol. The maximum atomic E-state index is 13.1. The molecule has 1 saturated carbocycles. The van der Waals surface area contributed by atoms with Gasteiger partial charge in [-0.25, -0.2) is 9.48 Å². The first-order valence-electron chi connectivity index (χ1n) is 8.57. The number of aryl methyl sites for hydroxylation is 2. The van der Waals surface area contributed by atoms with E-state index in [1.165, 1.54) is 23.0 Å². The van der Waals surface area contributed by atoms with Crippen molar-refractivity contribution < 1.29 is 18.8 Å².